The summed E-state index contributed by atoms with van der Waals surface area (Å²) in [5, 5.41) is 9.48. The summed E-state index contributed by atoms with van der Waals surface area (Å²) in [6, 6.07) is 7.69. The Balaban J connectivity index is 1.66. The molecule has 1 aromatic carbocycles. The van der Waals surface area contributed by atoms with Crippen molar-refractivity contribution < 1.29 is 19.4 Å². The van der Waals surface area contributed by atoms with Gasteiger partial charge >= 0.3 is 5.97 Å². The van der Waals surface area contributed by atoms with Gasteiger partial charge in [-0.25, -0.2) is 0 Å². The topological polar surface area (TPSA) is 66.8 Å². The van der Waals surface area contributed by atoms with Crippen LogP contribution in [0.3, 0.4) is 0 Å². The van der Waals surface area contributed by atoms with Crippen molar-refractivity contribution in [1.82, 2.24) is 4.90 Å². The van der Waals surface area contributed by atoms with E-state index in [1.54, 1.807) is 11.0 Å². The average Bonchev–Trinajstić information content (AvgIpc) is 3.15. The molecule has 6 heteroatoms. The molecule has 120 valence electrons. The van der Waals surface area contributed by atoms with Crippen molar-refractivity contribution in [2.45, 2.75) is 24.7 Å². The number of ether oxygens (including phenoxy) is 1. The number of nitrogens with zero attached hydrogens (tertiary/aromatic N) is 1. The van der Waals surface area contributed by atoms with Gasteiger partial charge < -0.3 is 14.7 Å². The largest absolute Gasteiger partial charge is 0.481 e. The van der Waals surface area contributed by atoms with Crippen molar-refractivity contribution in [2.75, 3.05) is 6.54 Å². The molecule has 0 unspecified atom stereocenters. The molecule has 1 N–H and O–H groups in total. The van der Waals surface area contributed by atoms with E-state index in [1.165, 1.54) is 0 Å². The summed E-state index contributed by atoms with van der Waals surface area (Å²) >= 11 is 3.40. The van der Waals surface area contributed by atoms with Crippen molar-refractivity contribution in [3.05, 3.63) is 46.5 Å². The molecular formula is C17H16BrNO4. The lowest BCUT2D eigenvalue weighted by Crippen LogP contribution is -2.39. The van der Waals surface area contributed by atoms with E-state index >= 15 is 0 Å². The van der Waals surface area contributed by atoms with Gasteiger partial charge in [-0.3, -0.25) is 9.59 Å². The van der Waals surface area contributed by atoms with E-state index in [0.717, 1.165) is 10.0 Å². The molecule has 3 aliphatic heterocycles. The summed E-state index contributed by atoms with van der Waals surface area (Å²) in [7, 11) is 0. The summed E-state index contributed by atoms with van der Waals surface area (Å²) in [5.41, 5.74) is 0.248. The molecule has 0 aliphatic carbocycles. The first-order valence-corrected chi connectivity index (χ1v) is 8.38. The second-order valence-corrected chi connectivity index (χ2v) is 7.35. The van der Waals surface area contributed by atoms with E-state index in [2.05, 4.69) is 15.9 Å². The summed E-state index contributed by atoms with van der Waals surface area (Å²) in [6.07, 6.45) is 3.19. The lowest BCUT2D eigenvalue weighted by atomic mass is 9.77. The number of rotatable bonds is 3. The molecule has 5 nitrogen and oxygen atoms in total. The van der Waals surface area contributed by atoms with Gasteiger partial charge in [0.15, 0.2) is 0 Å². The summed E-state index contributed by atoms with van der Waals surface area (Å²) in [6.45, 7) is 2.37. The fourth-order valence-electron chi connectivity index (χ4n) is 4.06. The van der Waals surface area contributed by atoms with E-state index in [4.69, 9.17) is 4.74 Å². The third-order valence-corrected chi connectivity index (χ3v) is 5.76. The van der Waals surface area contributed by atoms with Crippen LogP contribution < -0.4 is 0 Å². The maximum absolute atomic E-state index is 12.9. The predicted octanol–water partition coefficient (Wildman–Crippen LogP) is 2.38. The molecule has 23 heavy (non-hydrogen) atoms. The zero-order chi connectivity index (χ0) is 16.4. The van der Waals surface area contributed by atoms with Gasteiger partial charge in [-0.15, -0.1) is 0 Å². The Labute approximate surface area is 142 Å². The molecule has 0 saturated carbocycles. The van der Waals surface area contributed by atoms with E-state index in [-0.39, 0.29) is 11.9 Å². The van der Waals surface area contributed by atoms with Crippen LogP contribution in [0.15, 0.2) is 40.9 Å². The van der Waals surface area contributed by atoms with Crippen molar-refractivity contribution >= 4 is 27.8 Å². The standard InChI is InChI=1S/C17H16BrNO4/c1-9(10-2-4-11(18)5-3-10)19-8-17-7-6-12(23-17)13(16(21)22)14(17)15(19)20/h2-7,9,12-14H,8H2,1H3,(H,21,22)/t9-,12+,13+,14-,17+/m0/s1. The van der Waals surface area contributed by atoms with Crippen molar-refractivity contribution in [2.24, 2.45) is 11.8 Å². The highest BCUT2D eigenvalue weighted by molar-refractivity contribution is 9.10. The highest BCUT2D eigenvalue weighted by atomic mass is 79.9. The number of carboxylic acids is 1. The van der Waals surface area contributed by atoms with Crippen LogP contribution in [0, 0.1) is 11.8 Å². The zero-order valence-corrected chi connectivity index (χ0v) is 14.1. The third-order valence-electron chi connectivity index (χ3n) is 5.23. The van der Waals surface area contributed by atoms with Gasteiger partial charge in [-0.1, -0.05) is 40.2 Å². The number of carbonyl (C=O) groups excluding carboxylic acids is 1. The smallest absolute Gasteiger partial charge is 0.310 e. The Hall–Kier alpha value is -1.66. The van der Waals surface area contributed by atoms with E-state index in [0.29, 0.717) is 6.54 Å². The first-order valence-electron chi connectivity index (χ1n) is 7.59. The quantitative estimate of drug-likeness (QED) is 0.821. The number of aliphatic carboxylic acids is 1. The Morgan fingerprint density at radius 3 is 2.78 bits per heavy atom. The lowest BCUT2D eigenvalue weighted by Gasteiger charge is -2.27. The van der Waals surface area contributed by atoms with Crippen LogP contribution >= 0.6 is 15.9 Å². The molecule has 2 fully saturated rings. The number of fused-ring (bicyclic) bond motifs is 1. The minimum atomic E-state index is -0.960. The maximum atomic E-state index is 12.9. The summed E-state index contributed by atoms with van der Waals surface area (Å²) < 4.78 is 6.88. The molecule has 2 saturated heterocycles. The normalized spacial score (nSPS) is 35.7. The molecule has 0 aromatic heterocycles. The second kappa shape index (κ2) is 4.92. The van der Waals surface area contributed by atoms with Crippen molar-refractivity contribution in [1.29, 1.82) is 0 Å². The molecule has 2 bridgehead atoms. The van der Waals surface area contributed by atoms with Crippen molar-refractivity contribution in [3.8, 4) is 0 Å². The lowest BCUT2D eigenvalue weighted by molar-refractivity contribution is -0.148. The number of halogens is 1. The van der Waals surface area contributed by atoms with Gasteiger partial charge in [0.25, 0.3) is 0 Å². The second-order valence-electron chi connectivity index (χ2n) is 6.43. The Morgan fingerprint density at radius 1 is 1.43 bits per heavy atom. The molecule has 1 spiro atoms. The first-order chi connectivity index (χ1) is 10.9. The monoisotopic (exact) mass is 377 g/mol. The Morgan fingerprint density at radius 2 is 2.13 bits per heavy atom. The fourth-order valence-corrected chi connectivity index (χ4v) is 4.32. The van der Waals surface area contributed by atoms with Crippen LogP contribution in [-0.4, -0.2) is 40.1 Å². The SMILES string of the molecule is C[C@@H](c1ccc(Br)cc1)N1C[C@@]23C=C[C@@H](O2)[C@@H](C(=O)O)[C@H]3C1=O. The number of hydrogen-bond donors (Lipinski definition) is 1. The molecule has 3 aliphatic rings. The number of carbonyl (C=O) groups is 2. The number of carboxylic acid groups (broad SMARTS) is 1. The molecule has 1 amide bonds. The molecule has 0 radical (unpaired) electrons. The van der Waals surface area contributed by atoms with Crippen LogP contribution in [0.1, 0.15) is 18.5 Å². The van der Waals surface area contributed by atoms with Crippen LogP contribution in [-0.2, 0) is 14.3 Å². The van der Waals surface area contributed by atoms with E-state index in [1.807, 2.05) is 37.3 Å². The zero-order valence-electron chi connectivity index (χ0n) is 12.5. The van der Waals surface area contributed by atoms with Crippen LogP contribution in [0.2, 0.25) is 0 Å². The molecule has 3 heterocycles. The number of amides is 1. The molecule has 4 rings (SSSR count). The Bertz CT molecular complexity index is 716. The van der Waals surface area contributed by atoms with Gasteiger partial charge in [0.1, 0.15) is 11.5 Å². The molecular weight excluding hydrogens is 362 g/mol. The van der Waals surface area contributed by atoms with Gasteiger partial charge in [-0.05, 0) is 24.6 Å². The van der Waals surface area contributed by atoms with E-state index < -0.39 is 29.5 Å². The highest BCUT2D eigenvalue weighted by Gasteiger charge is 2.67. The average molecular weight is 378 g/mol. The summed E-state index contributed by atoms with van der Waals surface area (Å²) in [5.74, 6) is -2.49. The summed E-state index contributed by atoms with van der Waals surface area (Å²) in [4.78, 5) is 26.2. The van der Waals surface area contributed by atoms with Crippen LogP contribution in [0.25, 0.3) is 0 Å². The minimum absolute atomic E-state index is 0.124. The van der Waals surface area contributed by atoms with E-state index in [9.17, 15) is 14.7 Å². The predicted molar refractivity (Wildman–Crippen MR) is 85.6 cm³/mol. The van der Waals surface area contributed by atoms with Gasteiger partial charge in [0, 0.05) is 4.47 Å². The van der Waals surface area contributed by atoms with Gasteiger partial charge in [0.2, 0.25) is 5.91 Å². The third kappa shape index (κ3) is 2.01. The minimum Gasteiger partial charge on any atom is -0.481 e. The number of likely N-dealkylation sites (tertiary alicyclic amines) is 1. The molecule has 1 aromatic rings. The number of benzene rings is 1. The van der Waals surface area contributed by atoms with Crippen LogP contribution in [0.5, 0.6) is 0 Å². The van der Waals surface area contributed by atoms with Crippen molar-refractivity contribution in [3.63, 3.8) is 0 Å². The fraction of sp³-hybridized carbons (Fsp3) is 0.412. The van der Waals surface area contributed by atoms with Gasteiger partial charge in [0.05, 0.1) is 24.6 Å². The van der Waals surface area contributed by atoms with Crippen LogP contribution in [0.4, 0.5) is 0 Å². The van der Waals surface area contributed by atoms with Gasteiger partial charge in [-0.2, -0.15) is 0 Å². The number of hydrogen-bond acceptors (Lipinski definition) is 3. The maximum Gasteiger partial charge on any atom is 0.310 e. The first kappa shape index (κ1) is 14.9. The molecule has 5 atom stereocenters. The highest BCUT2D eigenvalue weighted by Crippen LogP contribution is 2.53. The Kier molecular flexibility index (Phi) is 3.19.